The average Bonchev–Trinajstić information content (AvgIpc) is 2.62. The van der Waals surface area contributed by atoms with Crippen LogP contribution in [0.15, 0.2) is 43.0 Å². The second kappa shape index (κ2) is 6.77. The molecule has 0 amide bonds. The molecule has 0 heterocycles. The van der Waals surface area contributed by atoms with Gasteiger partial charge in [-0.2, -0.15) is 0 Å². The first-order valence-corrected chi connectivity index (χ1v) is 9.42. The van der Waals surface area contributed by atoms with E-state index in [1.54, 1.807) is 6.07 Å². The zero-order valence-electron chi connectivity index (χ0n) is 14.3. The first kappa shape index (κ1) is 17.7. The van der Waals surface area contributed by atoms with Crippen LogP contribution >= 0.6 is 11.6 Å². The molecule has 26 heavy (non-hydrogen) atoms. The van der Waals surface area contributed by atoms with E-state index >= 15 is 0 Å². The number of benzene rings is 2. The number of rotatable bonds is 2. The maximum Gasteiger partial charge on any atom is 0.142 e. The summed E-state index contributed by atoms with van der Waals surface area (Å²) < 4.78 is 42.2. The first-order chi connectivity index (χ1) is 12.5. The van der Waals surface area contributed by atoms with Gasteiger partial charge in [0, 0.05) is 6.07 Å². The Morgan fingerprint density at radius 1 is 1.00 bits per heavy atom. The Bertz CT molecular complexity index is 861. The van der Waals surface area contributed by atoms with Crippen LogP contribution in [0.2, 0.25) is 5.02 Å². The van der Waals surface area contributed by atoms with Crippen molar-refractivity contribution in [1.82, 2.24) is 0 Å². The van der Waals surface area contributed by atoms with Crippen LogP contribution in [0.25, 0.3) is 0 Å². The lowest BCUT2D eigenvalue weighted by molar-refractivity contribution is 0.194. The van der Waals surface area contributed by atoms with E-state index < -0.39 is 17.5 Å². The van der Waals surface area contributed by atoms with Gasteiger partial charge < -0.3 is 0 Å². The molecule has 2 aromatic rings. The summed E-state index contributed by atoms with van der Waals surface area (Å²) >= 11 is 5.85. The van der Waals surface area contributed by atoms with Crippen molar-refractivity contribution in [2.45, 2.75) is 37.5 Å². The maximum absolute atomic E-state index is 14.2. The van der Waals surface area contributed by atoms with Crippen molar-refractivity contribution in [3.63, 3.8) is 0 Å². The van der Waals surface area contributed by atoms with E-state index in [9.17, 15) is 13.2 Å². The van der Waals surface area contributed by atoms with Crippen LogP contribution in [0.3, 0.4) is 0 Å². The molecule has 0 nitrogen and oxygen atoms in total. The maximum atomic E-state index is 14.2. The summed E-state index contributed by atoms with van der Waals surface area (Å²) in [5.74, 6) is -0.804. The Morgan fingerprint density at radius 3 is 2.54 bits per heavy atom. The van der Waals surface area contributed by atoms with E-state index in [-0.39, 0.29) is 28.7 Å². The Balaban J connectivity index is 1.78. The topological polar surface area (TPSA) is 0 Å². The van der Waals surface area contributed by atoms with Gasteiger partial charge >= 0.3 is 0 Å². The summed E-state index contributed by atoms with van der Waals surface area (Å²) in [6, 6.07) is 7.43. The van der Waals surface area contributed by atoms with Crippen LogP contribution in [0, 0.1) is 29.3 Å². The molecule has 0 saturated heterocycles. The fourth-order valence-electron chi connectivity index (χ4n) is 5.11. The highest BCUT2D eigenvalue weighted by Crippen LogP contribution is 2.54. The molecule has 0 bridgehead atoms. The van der Waals surface area contributed by atoms with Crippen molar-refractivity contribution in [2.75, 3.05) is 0 Å². The molecule has 4 heteroatoms. The van der Waals surface area contributed by atoms with Crippen LogP contribution < -0.4 is 0 Å². The number of allylic oxidation sites excluding steroid dienone is 1. The van der Waals surface area contributed by atoms with Gasteiger partial charge in [-0.3, -0.25) is 0 Å². The number of hydrogen-bond acceptors (Lipinski definition) is 0. The Labute approximate surface area is 156 Å². The molecule has 136 valence electrons. The SMILES string of the molecule is C=CC1CCC2c3cc(F)cc(F)c3CCC2C1c1ccc(Cl)c(F)c1. The summed E-state index contributed by atoms with van der Waals surface area (Å²) in [5.41, 5.74) is 2.33. The van der Waals surface area contributed by atoms with Crippen molar-refractivity contribution in [1.29, 1.82) is 0 Å². The molecule has 1 saturated carbocycles. The zero-order valence-corrected chi connectivity index (χ0v) is 15.1. The zero-order chi connectivity index (χ0) is 18.4. The molecule has 4 atom stereocenters. The van der Waals surface area contributed by atoms with Gasteiger partial charge in [0.05, 0.1) is 5.02 Å². The summed E-state index contributed by atoms with van der Waals surface area (Å²) in [5, 5.41) is 0.106. The molecular weight excluding hydrogens is 357 g/mol. The van der Waals surface area contributed by atoms with Crippen LogP contribution in [0.5, 0.6) is 0 Å². The predicted octanol–water partition coefficient (Wildman–Crippen LogP) is 6.78. The third-order valence-corrected chi connectivity index (χ3v) is 6.51. The van der Waals surface area contributed by atoms with Gasteiger partial charge in [0.2, 0.25) is 0 Å². The standard InChI is InChI=1S/C22H20ClF3/c1-2-12-3-5-15-17(22(12)13-4-8-19(23)21(26)9-13)7-6-16-18(15)10-14(24)11-20(16)25/h2,4,8-12,15,17,22H,1,3,5-7H2. The van der Waals surface area contributed by atoms with E-state index in [1.165, 1.54) is 12.1 Å². The smallest absolute Gasteiger partial charge is 0.142 e. The van der Waals surface area contributed by atoms with Crippen molar-refractivity contribution >= 4 is 11.6 Å². The summed E-state index contributed by atoms with van der Waals surface area (Å²) in [6.07, 6.45) is 5.06. The minimum Gasteiger partial charge on any atom is -0.207 e. The van der Waals surface area contributed by atoms with E-state index in [0.29, 0.717) is 12.0 Å². The Hall–Kier alpha value is -1.74. The Morgan fingerprint density at radius 2 is 1.81 bits per heavy atom. The van der Waals surface area contributed by atoms with Crippen LogP contribution in [0.1, 0.15) is 47.8 Å². The van der Waals surface area contributed by atoms with E-state index in [0.717, 1.165) is 36.5 Å². The van der Waals surface area contributed by atoms with Gasteiger partial charge in [-0.25, -0.2) is 13.2 Å². The fraction of sp³-hybridized carbons (Fsp3) is 0.364. The Kier molecular flexibility index (Phi) is 4.60. The highest BCUT2D eigenvalue weighted by atomic mass is 35.5. The fourth-order valence-corrected chi connectivity index (χ4v) is 5.23. The van der Waals surface area contributed by atoms with Crippen molar-refractivity contribution in [3.05, 3.63) is 82.2 Å². The molecule has 0 aliphatic heterocycles. The molecule has 0 aromatic heterocycles. The van der Waals surface area contributed by atoms with E-state index in [4.69, 9.17) is 11.6 Å². The third-order valence-electron chi connectivity index (χ3n) is 6.20. The normalized spacial score (nSPS) is 27.5. The lowest BCUT2D eigenvalue weighted by Crippen LogP contribution is -2.35. The lowest BCUT2D eigenvalue weighted by atomic mass is 9.58. The minimum absolute atomic E-state index is 0.0810. The first-order valence-electron chi connectivity index (χ1n) is 9.05. The highest BCUT2D eigenvalue weighted by Gasteiger charge is 2.43. The van der Waals surface area contributed by atoms with Crippen molar-refractivity contribution < 1.29 is 13.2 Å². The monoisotopic (exact) mass is 376 g/mol. The second-order valence-corrected chi connectivity index (χ2v) is 7.85. The van der Waals surface area contributed by atoms with E-state index in [2.05, 4.69) is 6.58 Å². The van der Waals surface area contributed by atoms with Crippen molar-refractivity contribution in [3.8, 4) is 0 Å². The molecule has 0 spiro atoms. The summed E-state index contributed by atoms with van der Waals surface area (Å²) in [7, 11) is 0. The van der Waals surface area contributed by atoms with E-state index in [1.807, 2.05) is 12.1 Å². The molecule has 4 unspecified atom stereocenters. The number of halogens is 4. The number of fused-ring (bicyclic) bond motifs is 3. The second-order valence-electron chi connectivity index (χ2n) is 7.44. The van der Waals surface area contributed by atoms with Gasteiger partial charge in [0.1, 0.15) is 17.5 Å². The molecule has 1 fully saturated rings. The molecule has 4 rings (SSSR count). The molecular formula is C22H20ClF3. The van der Waals surface area contributed by atoms with Crippen LogP contribution in [-0.4, -0.2) is 0 Å². The van der Waals surface area contributed by atoms with Crippen LogP contribution in [-0.2, 0) is 6.42 Å². The van der Waals surface area contributed by atoms with Gasteiger partial charge in [0.15, 0.2) is 0 Å². The minimum atomic E-state index is -0.526. The molecule has 2 aromatic carbocycles. The summed E-state index contributed by atoms with van der Waals surface area (Å²) in [4.78, 5) is 0. The van der Waals surface area contributed by atoms with Crippen LogP contribution in [0.4, 0.5) is 13.2 Å². The average molecular weight is 377 g/mol. The van der Waals surface area contributed by atoms with Gasteiger partial charge in [-0.1, -0.05) is 23.7 Å². The predicted molar refractivity (Wildman–Crippen MR) is 98.0 cm³/mol. The lowest BCUT2D eigenvalue weighted by Gasteiger charge is -2.46. The van der Waals surface area contributed by atoms with Crippen molar-refractivity contribution in [2.24, 2.45) is 11.8 Å². The highest BCUT2D eigenvalue weighted by molar-refractivity contribution is 6.30. The molecule has 0 N–H and O–H groups in total. The molecule has 0 radical (unpaired) electrons. The number of hydrogen-bond donors (Lipinski definition) is 0. The molecule has 2 aliphatic rings. The van der Waals surface area contributed by atoms with Gasteiger partial charge in [0.25, 0.3) is 0 Å². The third kappa shape index (κ3) is 2.87. The quantitative estimate of drug-likeness (QED) is 0.506. The van der Waals surface area contributed by atoms with Gasteiger partial charge in [-0.15, -0.1) is 6.58 Å². The molecule has 2 aliphatic carbocycles. The summed E-state index contributed by atoms with van der Waals surface area (Å²) in [6.45, 7) is 3.97. The van der Waals surface area contributed by atoms with Gasteiger partial charge in [-0.05, 0) is 84.2 Å². The largest absolute Gasteiger partial charge is 0.207 e.